The second-order valence-electron chi connectivity index (χ2n) is 9.87. The summed E-state index contributed by atoms with van der Waals surface area (Å²) in [7, 11) is 0. The zero-order chi connectivity index (χ0) is 23.4. The number of fused-ring (bicyclic) bond motifs is 7. The van der Waals surface area contributed by atoms with Gasteiger partial charge in [-0.25, -0.2) is 0 Å². The summed E-state index contributed by atoms with van der Waals surface area (Å²) in [6.45, 7) is 2.12. The highest BCUT2D eigenvalue weighted by Crippen LogP contribution is 2.50. The van der Waals surface area contributed by atoms with Crippen LogP contribution < -0.4 is 11.5 Å². The van der Waals surface area contributed by atoms with Gasteiger partial charge in [0.2, 0.25) is 0 Å². The van der Waals surface area contributed by atoms with E-state index >= 15 is 0 Å². The molecule has 0 fully saturated rings. The van der Waals surface area contributed by atoms with Gasteiger partial charge in [0.25, 0.3) is 0 Å². The van der Waals surface area contributed by atoms with Crippen molar-refractivity contribution in [3.63, 3.8) is 0 Å². The maximum absolute atomic E-state index is 6.82. The van der Waals surface area contributed by atoms with Crippen LogP contribution in [0.1, 0.15) is 5.56 Å². The van der Waals surface area contributed by atoms with Gasteiger partial charge in [0.05, 0.1) is 0 Å². The molecule has 0 saturated heterocycles. The van der Waals surface area contributed by atoms with Crippen LogP contribution in [-0.4, -0.2) is 0 Å². The number of aryl methyl sites for hydroxylation is 1. The monoisotopic (exact) mass is 446 g/mol. The molecule has 0 saturated carbocycles. The van der Waals surface area contributed by atoms with Crippen LogP contribution in [0.3, 0.4) is 0 Å². The lowest BCUT2D eigenvalue weighted by molar-refractivity contribution is 1.47. The Balaban J connectivity index is 1.64. The van der Waals surface area contributed by atoms with E-state index in [0.29, 0.717) is 0 Å². The van der Waals surface area contributed by atoms with Gasteiger partial charge < -0.3 is 11.5 Å². The number of hydrogen-bond acceptors (Lipinski definition) is 2. The molecule has 8 aromatic rings. The van der Waals surface area contributed by atoms with Crippen molar-refractivity contribution in [1.29, 1.82) is 0 Å². The predicted octanol–water partition coefficient (Wildman–Crippen LogP) is 8.62. The van der Waals surface area contributed by atoms with Crippen LogP contribution in [0.25, 0.3) is 75.8 Å². The Morgan fingerprint density at radius 2 is 1.11 bits per heavy atom. The molecule has 0 heterocycles. The lowest BCUT2D eigenvalue weighted by Gasteiger charge is -2.11. The zero-order valence-corrected chi connectivity index (χ0v) is 19.3. The van der Waals surface area contributed by atoms with Crippen LogP contribution >= 0.6 is 0 Å². The van der Waals surface area contributed by atoms with Crippen molar-refractivity contribution < 1.29 is 0 Å². The van der Waals surface area contributed by atoms with Crippen LogP contribution in [-0.2, 0) is 0 Å². The number of benzene rings is 6. The molecule has 164 valence electrons. The summed E-state index contributed by atoms with van der Waals surface area (Å²) in [4.78, 5) is 0. The fourth-order valence-corrected chi connectivity index (χ4v) is 6.43. The third-order valence-corrected chi connectivity index (χ3v) is 7.86. The predicted molar refractivity (Wildman–Crippen MR) is 153 cm³/mol. The topological polar surface area (TPSA) is 52.0 Å². The molecule has 2 heteroatoms. The Morgan fingerprint density at radius 1 is 0.486 bits per heavy atom. The molecule has 0 aromatic heterocycles. The van der Waals surface area contributed by atoms with Gasteiger partial charge in [-0.1, -0.05) is 78.4 Å². The van der Waals surface area contributed by atoms with E-state index in [1.807, 2.05) is 0 Å². The van der Waals surface area contributed by atoms with E-state index in [0.717, 1.165) is 16.8 Å². The molecule has 4 N–H and O–H groups in total. The largest absolute Gasteiger partial charge is 0.399 e. The maximum Gasteiger partial charge on any atom is 0.0406 e. The van der Waals surface area contributed by atoms with Crippen LogP contribution in [0.2, 0.25) is 0 Å². The Morgan fingerprint density at radius 3 is 1.97 bits per heavy atom. The molecule has 0 atom stereocenters. The first-order valence-corrected chi connectivity index (χ1v) is 12.0. The molecule has 8 aromatic carbocycles. The Bertz CT molecular complexity index is 2120. The van der Waals surface area contributed by atoms with Crippen LogP contribution in [0.4, 0.5) is 11.4 Å². The molecule has 0 radical (unpaired) electrons. The highest BCUT2D eigenvalue weighted by atomic mass is 14.6. The number of hydrogen-bond donors (Lipinski definition) is 2. The molecule has 0 aliphatic rings. The van der Waals surface area contributed by atoms with E-state index < -0.39 is 0 Å². The van der Waals surface area contributed by atoms with Gasteiger partial charge in [-0.3, -0.25) is 0 Å². The van der Waals surface area contributed by atoms with Gasteiger partial charge in [0.15, 0.2) is 0 Å². The third-order valence-electron chi connectivity index (χ3n) is 7.86. The number of anilines is 2. The summed E-state index contributed by atoms with van der Waals surface area (Å²) in [5.74, 6) is 0. The molecular formula is C33H22N2. The minimum Gasteiger partial charge on any atom is -0.399 e. The fraction of sp³-hybridized carbons (Fsp3) is 0.0303. The summed E-state index contributed by atoms with van der Waals surface area (Å²) < 4.78 is 0. The second kappa shape index (κ2) is 6.31. The highest BCUT2D eigenvalue weighted by Gasteiger charge is 2.22. The van der Waals surface area contributed by atoms with E-state index in [1.165, 1.54) is 75.9 Å². The molecule has 0 aliphatic carbocycles. The molecule has 0 amide bonds. The third kappa shape index (κ3) is 2.29. The van der Waals surface area contributed by atoms with Crippen molar-refractivity contribution >= 4 is 76.0 Å². The Kier molecular flexibility index (Phi) is 3.39. The normalized spacial score (nSPS) is 12.4. The minimum atomic E-state index is 0.796. The minimum absolute atomic E-state index is 0.796. The number of rotatable bonds is 1. The van der Waals surface area contributed by atoms with E-state index in [9.17, 15) is 0 Å². The SMILES string of the molecule is Cc1ccc(-c2cc(N)c3c4ccc5c6cccc7cc(N)cc(c76)c5c4c4cccc2c43)cc1. The summed E-state index contributed by atoms with van der Waals surface area (Å²) in [6, 6.07) is 32.8. The van der Waals surface area contributed by atoms with Crippen molar-refractivity contribution in [3.05, 3.63) is 96.6 Å². The standard InChI is InChI=1S/C33H22N2/c1-17-8-10-18(11-9-17)26-16-28(35)33-25-13-12-23-21-5-2-4-19-14-20(34)15-27(29(19)21)31(23)32(25)24-7-3-6-22(26)30(24)33/h2-16H,34-35H2,1H3. The maximum atomic E-state index is 6.82. The van der Waals surface area contributed by atoms with E-state index in [4.69, 9.17) is 11.5 Å². The Labute approximate surface area is 202 Å². The molecule has 0 unspecified atom stereocenters. The smallest absolute Gasteiger partial charge is 0.0406 e. The number of nitrogen functional groups attached to an aromatic ring is 2. The second-order valence-corrected chi connectivity index (χ2v) is 9.87. The first kappa shape index (κ1) is 18.8. The van der Waals surface area contributed by atoms with Crippen LogP contribution in [0.5, 0.6) is 0 Å². The summed E-state index contributed by atoms with van der Waals surface area (Å²) in [6.07, 6.45) is 0. The highest BCUT2D eigenvalue weighted by molar-refractivity contribution is 6.45. The molecule has 0 spiro atoms. The van der Waals surface area contributed by atoms with E-state index in [2.05, 4.69) is 97.9 Å². The lowest BCUT2D eigenvalue weighted by atomic mass is 9.94. The average molecular weight is 447 g/mol. The summed E-state index contributed by atoms with van der Waals surface area (Å²) in [5.41, 5.74) is 18.5. The van der Waals surface area contributed by atoms with Gasteiger partial charge in [0, 0.05) is 22.1 Å². The molecule has 35 heavy (non-hydrogen) atoms. The molecule has 8 rings (SSSR count). The van der Waals surface area contributed by atoms with Crippen molar-refractivity contribution in [2.75, 3.05) is 11.5 Å². The molecule has 2 nitrogen and oxygen atoms in total. The average Bonchev–Trinajstić information content (AvgIpc) is 3.37. The van der Waals surface area contributed by atoms with Crippen molar-refractivity contribution in [2.24, 2.45) is 0 Å². The summed E-state index contributed by atoms with van der Waals surface area (Å²) >= 11 is 0. The van der Waals surface area contributed by atoms with Crippen LogP contribution in [0.15, 0.2) is 91.0 Å². The van der Waals surface area contributed by atoms with Crippen molar-refractivity contribution in [3.8, 4) is 11.1 Å². The van der Waals surface area contributed by atoms with Crippen molar-refractivity contribution in [2.45, 2.75) is 6.92 Å². The van der Waals surface area contributed by atoms with Gasteiger partial charge in [0.1, 0.15) is 0 Å². The van der Waals surface area contributed by atoms with Gasteiger partial charge in [-0.15, -0.1) is 0 Å². The molecule has 0 aliphatic heterocycles. The van der Waals surface area contributed by atoms with Gasteiger partial charge in [-0.2, -0.15) is 0 Å². The fourth-order valence-electron chi connectivity index (χ4n) is 6.43. The van der Waals surface area contributed by atoms with Gasteiger partial charge in [-0.05, 0) is 90.1 Å². The van der Waals surface area contributed by atoms with Crippen LogP contribution in [0, 0.1) is 6.92 Å². The van der Waals surface area contributed by atoms with Gasteiger partial charge >= 0.3 is 0 Å². The lowest BCUT2D eigenvalue weighted by Crippen LogP contribution is -1.90. The molecule has 0 bridgehead atoms. The van der Waals surface area contributed by atoms with Crippen molar-refractivity contribution in [1.82, 2.24) is 0 Å². The van der Waals surface area contributed by atoms with E-state index in [1.54, 1.807) is 0 Å². The zero-order valence-electron chi connectivity index (χ0n) is 19.3. The first-order chi connectivity index (χ1) is 17.1. The quantitative estimate of drug-likeness (QED) is 0.248. The summed E-state index contributed by atoms with van der Waals surface area (Å²) in [5, 5.41) is 14.9. The Hall–Kier alpha value is -4.56. The number of nitrogens with two attached hydrogens (primary N) is 2. The first-order valence-electron chi connectivity index (χ1n) is 12.0. The molecular weight excluding hydrogens is 424 g/mol. The van der Waals surface area contributed by atoms with E-state index in [-0.39, 0.29) is 0 Å².